The summed E-state index contributed by atoms with van der Waals surface area (Å²) in [5, 5.41) is 0. The van der Waals surface area contributed by atoms with Crippen LogP contribution in [0.15, 0.2) is 53.4 Å². The molecule has 0 saturated carbocycles. The van der Waals surface area contributed by atoms with Crippen molar-refractivity contribution in [2.24, 2.45) is 0 Å². The topological polar surface area (TPSA) is 35.5 Å². The number of ketones is 1. The highest BCUT2D eigenvalue weighted by Crippen LogP contribution is 2.25. The van der Waals surface area contributed by atoms with Gasteiger partial charge in [0.05, 0.1) is 14.2 Å². The first-order chi connectivity index (χ1) is 10.7. The van der Waals surface area contributed by atoms with Crippen molar-refractivity contribution >= 4 is 23.6 Å². The molecular formula is C18H18O3S. The summed E-state index contributed by atoms with van der Waals surface area (Å²) in [4.78, 5) is 13.3. The Bertz CT molecular complexity index is 675. The van der Waals surface area contributed by atoms with Crippen LogP contribution in [0.2, 0.25) is 0 Å². The fourth-order valence-corrected chi connectivity index (χ4v) is 2.39. The molecule has 0 aliphatic carbocycles. The quantitative estimate of drug-likeness (QED) is 0.452. The first-order valence-electron chi connectivity index (χ1n) is 6.76. The van der Waals surface area contributed by atoms with E-state index in [1.54, 1.807) is 38.1 Å². The van der Waals surface area contributed by atoms with E-state index < -0.39 is 0 Å². The third-order valence-corrected chi connectivity index (χ3v) is 3.97. The SMILES string of the molecule is COc1ccc(OC)c(/C=C\C(=O)c2ccc(SC)cc2)c1. The van der Waals surface area contributed by atoms with E-state index in [4.69, 9.17) is 9.47 Å². The highest BCUT2D eigenvalue weighted by molar-refractivity contribution is 7.98. The van der Waals surface area contributed by atoms with Gasteiger partial charge in [0.15, 0.2) is 5.78 Å². The van der Waals surface area contributed by atoms with Gasteiger partial charge in [0.2, 0.25) is 0 Å². The van der Waals surface area contributed by atoms with E-state index >= 15 is 0 Å². The minimum Gasteiger partial charge on any atom is -0.497 e. The molecule has 2 aromatic rings. The smallest absolute Gasteiger partial charge is 0.185 e. The van der Waals surface area contributed by atoms with E-state index in [0.29, 0.717) is 11.3 Å². The predicted molar refractivity (Wildman–Crippen MR) is 91.1 cm³/mol. The Morgan fingerprint density at radius 2 is 1.77 bits per heavy atom. The van der Waals surface area contributed by atoms with Gasteiger partial charge >= 0.3 is 0 Å². The minimum absolute atomic E-state index is 0.0440. The van der Waals surface area contributed by atoms with Gasteiger partial charge in [0.1, 0.15) is 11.5 Å². The Morgan fingerprint density at radius 1 is 1.05 bits per heavy atom. The van der Waals surface area contributed by atoms with Crippen LogP contribution >= 0.6 is 11.8 Å². The number of benzene rings is 2. The molecule has 114 valence electrons. The maximum atomic E-state index is 12.2. The first-order valence-corrected chi connectivity index (χ1v) is 7.99. The van der Waals surface area contributed by atoms with Crippen LogP contribution in [0.1, 0.15) is 15.9 Å². The Kier molecular flexibility index (Phi) is 5.67. The van der Waals surface area contributed by atoms with E-state index in [0.717, 1.165) is 16.2 Å². The summed E-state index contributed by atoms with van der Waals surface area (Å²) in [7, 11) is 3.20. The van der Waals surface area contributed by atoms with Gasteiger partial charge in [0.25, 0.3) is 0 Å². The number of hydrogen-bond acceptors (Lipinski definition) is 4. The molecule has 22 heavy (non-hydrogen) atoms. The van der Waals surface area contributed by atoms with Crippen LogP contribution in [0, 0.1) is 0 Å². The van der Waals surface area contributed by atoms with Crippen LogP contribution in [0.3, 0.4) is 0 Å². The molecule has 0 aromatic heterocycles. The third-order valence-electron chi connectivity index (χ3n) is 3.23. The molecule has 0 N–H and O–H groups in total. The maximum absolute atomic E-state index is 12.2. The second-order valence-electron chi connectivity index (χ2n) is 4.53. The number of rotatable bonds is 6. The standard InChI is InChI=1S/C18H18O3S/c1-20-15-7-11-18(21-2)14(12-15)6-10-17(19)13-4-8-16(22-3)9-5-13/h4-12H,1-3H3/b10-6-. The summed E-state index contributed by atoms with van der Waals surface area (Å²) in [6.07, 6.45) is 5.29. The summed E-state index contributed by atoms with van der Waals surface area (Å²) >= 11 is 1.65. The monoisotopic (exact) mass is 314 g/mol. The first kappa shape index (κ1) is 16.2. The number of thioether (sulfide) groups is 1. The molecule has 0 heterocycles. The van der Waals surface area contributed by atoms with E-state index in [-0.39, 0.29) is 5.78 Å². The predicted octanol–water partition coefficient (Wildman–Crippen LogP) is 4.32. The van der Waals surface area contributed by atoms with E-state index in [1.807, 2.05) is 48.7 Å². The second kappa shape index (κ2) is 7.71. The fourth-order valence-electron chi connectivity index (χ4n) is 1.99. The molecule has 0 spiro atoms. The molecule has 0 unspecified atom stereocenters. The molecule has 0 saturated heterocycles. The highest BCUT2D eigenvalue weighted by atomic mass is 32.2. The van der Waals surface area contributed by atoms with Crippen LogP contribution in [-0.4, -0.2) is 26.3 Å². The normalized spacial score (nSPS) is 10.7. The average Bonchev–Trinajstić information content (AvgIpc) is 2.59. The van der Waals surface area contributed by atoms with Crippen LogP contribution < -0.4 is 9.47 Å². The van der Waals surface area contributed by atoms with E-state index in [2.05, 4.69) is 0 Å². The molecule has 0 aliphatic rings. The van der Waals surface area contributed by atoms with Gasteiger partial charge in [0, 0.05) is 16.0 Å². The minimum atomic E-state index is -0.0440. The van der Waals surface area contributed by atoms with Crippen LogP contribution in [0.25, 0.3) is 6.08 Å². The Balaban J connectivity index is 2.21. The van der Waals surface area contributed by atoms with Gasteiger partial charge < -0.3 is 9.47 Å². The zero-order chi connectivity index (χ0) is 15.9. The maximum Gasteiger partial charge on any atom is 0.185 e. The van der Waals surface area contributed by atoms with Crippen molar-refractivity contribution in [3.05, 3.63) is 59.7 Å². The van der Waals surface area contributed by atoms with Crippen molar-refractivity contribution in [3.63, 3.8) is 0 Å². The lowest BCUT2D eigenvalue weighted by Crippen LogP contribution is -1.94. The van der Waals surface area contributed by atoms with Crippen molar-refractivity contribution < 1.29 is 14.3 Å². The lowest BCUT2D eigenvalue weighted by atomic mass is 10.1. The number of carbonyl (C=O) groups is 1. The van der Waals surface area contributed by atoms with Crippen molar-refractivity contribution in [3.8, 4) is 11.5 Å². The molecule has 0 amide bonds. The molecule has 0 fully saturated rings. The second-order valence-corrected chi connectivity index (χ2v) is 5.41. The van der Waals surface area contributed by atoms with E-state index in [9.17, 15) is 4.79 Å². The zero-order valence-corrected chi connectivity index (χ0v) is 13.6. The van der Waals surface area contributed by atoms with Gasteiger partial charge in [-0.15, -0.1) is 11.8 Å². The molecule has 0 radical (unpaired) electrons. The summed E-state index contributed by atoms with van der Waals surface area (Å²) in [5.41, 5.74) is 1.46. The van der Waals surface area contributed by atoms with Gasteiger partial charge in [-0.05, 0) is 60.9 Å². The largest absolute Gasteiger partial charge is 0.497 e. The molecule has 0 aliphatic heterocycles. The van der Waals surface area contributed by atoms with Crippen LogP contribution in [-0.2, 0) is 0 Å². The number of methoxy groups -OCH3 is 2. The number of ether oxygens (including phenoxy) is 2. The molecule has 3 nitrogen and oxygen atoms in total. The van der Waals surface area contributed by atoms with Crippen LogP contribution in [0.4, 0.5) is 0 Å². The van der Waals surface area contributed by atoms with E-state index in [1.165, 1.54) is 0 Å². The summed E-state index contributed by atoms with van der Waals surface area (Å²) in [6.45, 7) is 0. The van der Waals surface area contributed by atoms with Gasteiger partial charge in [-0.25, -0.2) is 0 Å². The number of allylic oxidation sites excluding steroid dienone is 1. The van der Waals surface area contributed by atoms with Crippen LogP contribution in [0.5, 0.6) is 11.5 Å². The van der Waals surface area contributed by atoms with Gasteiger partial charge in [-0.2, -0.15) is 0 Å². The third kappa shape index (κ3) is 3.92. The Morgan fingerprint density at radius 3 is 2.36 bits per heavy atom. The Labute approximate surface area is 135 Å². The zero-order valence-electron chi connectivity index (χ0n) is 12.8. The highest BCUT2D eigenvalue weighted by Gasteiger charge is 2.05. The molecule has 4 heteroatoms. The molecule has 0 bridgehead atoms. The lowest BCUT2D eigenvalue weighted by molar-refractivity contribution is 0.104. The fraction of sp³-hybridized carbons (Fsp3) is 0.167. The number of hydrogen-bond donors (Lipinski definition) is 0. The molecule has 2 rings (SSSR count). The molecule has 2 aromatic carbocycles. The lowest BCUT2D eigenvalue weighted by Gasteiger charge is -2.07. The Hall–Kier alpha value is -2.20. The average molecular weight is 314 g/mol. The summed E-state index contributed by atoms with van der Waals surface area (Å²) in [5.74, 6) is 1.37. The van der Waals surface area contributed by atoms with Gasteiger partial charge in [-0.3, -0.25) is 4.79 Å². The molecule has 0 atom stereocenters. The van der Waals surface area contributed by atoms with Crippen molar-refractivity contribution in [1.82, 2.24) is 0 Å². The molecular weight excluding hydrogens is 296 g/mol. The van der Waals surface area contributed by atoms with Crippen molar-refractivity contribution in [1.29, 1.82) is 0 Å². The summed E-state index contributed by atoms with van der Waals surface area (Å²) in [6, 6.07) is 13.0. The van der Waals surface area contributed by atoms with Crippen molar-refractivity contribution in [2.45, 2.75) is 4.90 Å². The summed E-state index contributed by atoms with van der Waals surface area (Å²) < 4.78 is 10.5. The van der Waals surface area contributed by atoms with Gasteiger partial charge in [-0.1, -0.05) is 0 Å². The van der Waals surface area contributed by atoms with Crippen molar-refractivity contribution in [2.75, 3.05) is 20.5 Å². The number of carbonyl (C=O) groups excluding carboxylic acids is 1.